The molecule has 9 nitrogen and oxygen atoms in total. The van der Waals surface area contributed by atoms with E-state index in [-0.39, 0.29) is 34.5 Å². The lowest BCUT2D eigenvalue weighted by atomic mass is 9.98. The van der Waals surface area contributed by atoms with Crippen LogP contribution in [-0.4, -0.2) is 62.7 Å². The summed E-state index contributed by atoms with van der Waals surface area (Å²) in [6, 6.07) is 17.5. The molecule has 3 aromatic rings. The predicted molar refractivity (Wildman–Crippen MR) is 139 cm³/mol. The van der Waals surface area contributed by atoms with Crippen LogP contribution in [0.25, 0.3) is 0 Å². The van der Waals surface area contributed by atoms with Crippen molar-refractivity contribution in [2.45, 2.75) is 35.3 Å². The van der Waals surface area contributed by atoms with Gasteiger partial charge in [-0.25, -0.2) is 21.8 Å². The Balaban J connectivity index is 1.67. The number of nitrogens with zero attached hydrogens (tertiary/aromatic N) is 3. The lowest BCUT2D eigenvalue weighted by Crippen LogP contribution is -2.57. The summed E-state index contributed by atoms with van der Waals surface area (Å²) in [5.74, 6) is -0.0592. The standard InChI is InChI=1S/C25H30N4O5S2/c1-25(2,30)19-8-10-20(11-9-19)29-15-14-28(36(33,34)23-12-13-24(26)27-16-23)17-21(29)18-35(31,32)22-6-4-3-5-7-22/h3-13,16,21,30H,14-15,17-18H2,1-2H3,(H2,26,27)/t21-/m1/s1. The highest BCUT2D eigenvalue weighted by molar-refractivity contribution is 7.91. The minimum absolute atomic E-state index is 0.00402. The lowest BCUT2D eigenvalue weighted by molar-refractivity contribution is 0.0786. The van der Waals surface area contributed by atoms with Gasteiger partial charge in [-0.3, -0.25) is 0 Å². The average Bonchev–Trinajstić information content (AvgIpc) is 2.84. The molecule has 0 saturated carbocycles. The molecular weight excluding hydrogens is 500 g/mol. The smallest absolute Gasteiger partial charge is 0.244 e. The van der Waals surface area contributed by atoms with Gasteiger partial charge in [-0.2, -0.15) is 4.31 Å². The van der Waals surface area contributed by atoms with E-state index in [0.717, 1.165) is 11.3 Å². The van der Waals surface area contributed by atoms with Gasteiger partial charge in [-0.15, -0.1) is 0 Å². The second-order valence-electron chi connectivity index (χ2n) is 9.33. The molecule has 0 bridgehead atoms. The van der Waals surface area contributed by atoms with Crippen LogP contribution in [0, 0.1) is 0 Å². The number of rotatable bonds is 7. The van der Waals surface area contributed by atoms with Crippen LogP contribution in [0.5, 0.6) is 0 Å². The molecule has 11 heteroatoms. The Morgan fingerprint density at radius 2 is 1.61 bits per heavy atom. The van der Waals surface area contributed by atoms with Gasteiger partial charge in [0.05, 0.1) is 22.3 Å². The Morgan fingerprint density at radius 3 is 2.19 bits per heavy atom. The third-order valence-electron chi connectivity index (χ3n) is 6.26. The number of aromatic nitrogens is 1. The normalized spacial score (nSPS) is 17.8. The van der Waals surface area contributed by atoms with Crippen LogP contribution in [0.1, 0.15) is 19.4 Å². The van der Waals surface area contributed by atoms with Gasteiger partial charge in [0.15, 0.2) is 9.84 Å². The maximum Gasteiger partial charge on any atom is 0.244 e. The summed E-state index contributed by atoms with van der Waals surface area (Å²) in [7, 11) is -7.61. The molecule has 36 heavy (non-hydrogen) atoms. The van der Waals surface area contributed by atoms with Gasteiger partial charge >= 0.3 is 0 Å². The molecule has 3 N–H and O–H groups in total. The number of piperazine rings is 1. The van der Waals surface area contributed by atoms with Gasteiger partial charge in [-0.1, -0.05) is 30.3 Å². The number of pyridine rings is 1. The minimum Gasteiger partial charge on any atom is -0.386 e. The van der Waals surface area contributed by atoms with Crippen molar-refractivity contribution in [2.75, 3.05) is 36.0 Å². The fraction of sp³-hybridized carbons (Fsp3) is 0.320. The molecular formula is C25H30N4O5S2. The molecule has 2 aromatic carbocycles. The molecule has 1 atom stereocenters. The second kappa shape index (κ2) is 9.81. The van der Waals surface area contributed by atoms with E-state index in [1.165, 1.54) is 34.8 Å². The molecule has 1 aliphatic heterocycles. The lowest BCUT2D eigenvalue weighted by Gasteiger charge is -2.42. The molecule has 1 aliphatic rings. The highest BCUT2D eigenvalue weighted by Crippen LogP contribution is 2.29. The van der Waals surface area contributed by atoms with E-state index in [0.29, 0.717) is 6.54 Å². The second-order valence-corrected chi connectivity index (χ2v) is 13.3. The van der Waals surface area contributed by atoms with Crippen LogP contribution in [0.15, 0.2) is 82.7 Å². The number of nitrogens with two attached hydrogens (primary N) is 1. The third-order valence-corrected chi connectivity index (χ3v) is 9.92. The summed E-state index contributed by atoms with van der Waals surface area (Å²) in [6.45, 7) is 3.81. The number of nitrogen functional groups attached to an aromatic ring is 1. The zero-order valence-corrected chi connectivity index (χ0v) is 21.8. The number of sulfonamides is 1. The molecule has 0 radical (unpaired) electrons. The quantitative estimate of drug-likeness (QED) is 0.475. The van der Waals surface area contributed by atoms with Crippen molar-refractivity contribution in [2.24, 2.45) is 0 Å². The molecule has 1 fully saturated rings. The van der Waals surface area contributed by atoms with Crippen molar-refractivity contribution >= 4 is 31.4 Å². The first-order valence-corrected chi connectivity index (χ1v) is 14.6. The molecule has 4 rings (SSSR count). The Hall–Kier alpha value is -2.99. The van der Waals surface area contributed by atoms with E-state index in [4.69, 9.17) is 5.73 Å². The van der Waals surface area contributed by atoms with Gasteiger partial charge < -0.3 is 15.7 Å². The van der Waals surface area contributed by atoms with Crippen molar-refractivity contribution in [3.05, 3.63) is 78.5 Å². The van der Waals surface area contributed by atoms with Gasteiger partial charge in [0.1, 0.15) is 10.7 Å². The zero-order chi connectivity index (χ0) is 26.1. The van der Waals surface area contributed by atoms with Crippen LogP contribution in [0.2, 0.25) is 0 Å². The first-order valence-electron chi connectivity index (χ1n) is 11.5. The van der Waals surface area contributed by atoms with Gasteiger partial charge in [0, 0.05) is 31.5 Å². The zero-order valence-electron chi connectivity index (χ0n) is 20.1. The Kier molecular flexibility index (Phi) is 7.11. The van der Waals surface area contributed by atoms with Crippen LogP contribution in [0.3, 0.4) is 0 Å². The largest absolute Gasteiger partial charge is 0.386 e. The monoisotopic (exact) mass is 530 g/mol. The molecule has 0 unspecified atom stereocenters. The van der Waals surface area contributed by atoms with Crippen molar-refractivity contribution in [1.82, 2.24) is 9.29 Å². The number of anilines is 2. The van der Waals surface area contributed by atoms with E-state index < -0.39 is 31.5 Å². The summed E-state index contributed by atoms with van der Waals surface area (Å²) in [5, 5.41) is 10.3. The summed E-state index contributed by atoms with van der Waals surface area (Å²) in [6.07, 6.45) is 1.21. The molecule has 0 amide bonds. The summed E-state index contributed by atoms with van der Waals surface area (Å²) < 4.78 is 54.5. The molecule has 0 spiro atoms. The topological polar surface area (TPSA) is 134 Å². The summed E-state index contributed by atoms with van der Waals surface area (Å²) in [4.78, 5) is 6.00. The molecule has 1 aromatic heterocycles. The van der Waals surface area contributed by atoms with Crippen molar-refractivity contribution in [1.29, 1.82) is 0 Å². The van der Waals surface area contributed by atoms with E-state index in [1.54, 1.807) is 44.2 Å². The highest BCUT2D eigenvalue weighted by atomic mass is 32.2. The Morgan fingerprint density at radius 1 is 0.944 bits per heavy atom. The average molecular weight is 531 g/mol. The molecule has 2 heterocycles. The highest BCUT2D eigenvalue weighted by Gasteiger charge is 2.37. The van der Waals surface area contributed by atoms with Crippen LogP contribution in [0.4, 0.5) is 11.5 Å². The maximum atomic E-state index is 13.3. The van der Waals surface area contributed by atoms with Gasteiger partial charge in [-0.05, 0) is 55.8 Å². The number of hydrogen-bond acceptors (Lipinski definition) is 8. The Labute approximate surface area is 212 Å². The molecule has 0 aliphatic carbocycles. The van der Waals surface area contributed by atoms with E-state index in [2.05, 4.69) is 4.98 Å². The van der Waals surface area contributed by atoms with Gasteiger partial charge in [0.25, 0.3) is 0 Å². The fourth-order valence-electron chi connectivity index (χ4n) is 4.26. The Bertz CT molecular complexity index is 1400. The van der Waals surface area contributed by atoms with E-state index >= 15 is 0 Å². The first-order chi connectivity index (χ1) is 16.9. The number of hydrogen-bond donors (Lipinski definition) is 2. The van der Waals surface area contributed by atoms with Crippen LogP contribution >= 0.6 is 0 Å². The number of benzene rings is 2. The van der Waals surface area contributed by atoms with Crippen LogP contribution in [-0.2, 0) is 25.5 Å². The summed E-state index contributed by atoms with van der Waals surface area (Å²) >= 11 is 0. The number of aliphatic hydroxyl groups is 1. The third kappa shape index (κ3) is 5.54. The summed E-state index contributed by atoms with van der Waals surface area (Å²) in [5.41, 5.74) is 6.06. The molecule has 192 valence electrons. The van der Waals surface area contributed by atoms with Crippen molar-refractivity contribution in [3.8, 4) is 0 Å². The SMILES string of the molecule is CC(C)(O)c1ccc(N2CCN(S(=O)(=O)c3ccc(N)nc3)C[C@@H]2CS(=O)(=O)c2ccccc2)cc1. The predicted octanol–water partition coefficient (Wildman–Crippen LogP) is 2.24. The maximum absolute atomic E-state index is 13.3. The van der Waals surface area contributed by atoms with E-state index in [1.807, 2.05) is 17.0 Å². The molecule has 1 saturated heterocycles. The first kappa shape index (κ1) is 26.1. The number of sulfone groups is 1. The fourth-order valence-corrected chi connectivity index (χ4v) is 7.23. The van der Waals surface area contributed by atoms with Crippen molar-refractivity contribution < 1.29 is 21.9 Å². The van der Waals surface area contributed by atoms with E-state index in [9.17, 15) is 21.9 Å². The van der Waals surface area contributed by atoms with Crippen molar-refractivity contribution in [3.63, 3.8) is 0 Å². The van der Waals surface area contributed by atoms with Gasteiger partial charge in [0.2, 0.25) is 10.0 Å². The minimum atomic E-state index is -3.90. The van der Waals surface area contributed by atoms with Crippen LogP contribution < -0.4 is 10.6 Å².